The molecule has 2 aromatic heterocycles. The van der Waals surface area contributed by atoms with Gasteiger partial charge in [-0.25, -0.2) is 9.97 Å². The molecule has 18 heavy (non-hydrogen) atoms. The van der Waals surface area contributed by atoms with E-state index in [4.69, 9.17) is 0 Å². The zero-order valence-electron chi connectivity index (χ0n) is 9.29. The van der Waals surface area contributed by atoms with Crippen molar-refractivity contribution >= 4 is 22.8 Å². The first-order valence-corrected chi connectivity index (χ1v) is 5.34. The molecule has 2 N–H and O–H groups in total. The zero-order chi connectivity index (χ0) is 12.4. The van der Waals surface area contributed by atoms with E-state index in [1.165, 1.54) is 0 Å². The average molecular weight is 239 g/mol. The lowest BCUT2D eigenvalue weighted by molar-refractivity contribution is 0.102. The molecule has 0 fully saturated rings. The molecule has 1 aromatic carbocycles. The van der Waals surface area contributed by atoms with Gasteiger partial charge in [0.05, 0.1) is 11.7 Å². The summed E-state index contributed by atoms with van der Waals surface area (Å²) in [6, 6.07) is 6.99. The summed E-state index contributed by atoms with van der Waals surface area (Å²) in [5, 5.41) is 10.3. The molecule has 0 atom stereocenters. The molecular weight excluding hydrogens is 230 g/mol. The average Bonchev–Trinajstić information content (AvgIpc) is 2.87. The molecule has 6 heteroatoms. The van der Waals surface area contributed by atoms with Gasteiger partial charge in [-0.1, -0.05) is 6.07 Å². The molecule has 6 nitrogen and oxygen atoms in total. The minimum Gasteiger partial charge on any atom is -0.290 e. The number of amides is 1. The highest BCUT2D eigenvalue weighted by atomic mass is 16.1. The van der Waals surface area contributed by atoms with Crippen LogP contribution in [-0.4, -0.2) is 26.1 Å². The van der Waals surface area contributed by atoms with Gasteiger partial charge in [-0.05, 0) is 18.2 Å². The Morgan fingerprint density at radius 3 is 2.89 bits per heavy atom. The molecule has 0 saturated carbocycles. The normalized spacial score (nSPS) is 10.4. The fourth-order valence-electron chi connectivity index (χ4n) is 1.62. The summed E-state index contributed by atoms with van der Waals surface area (Å²) in [4.78, 5) is 19.8. The summed E-state index contributed by atoms with van der Waals surface area (Å²) < 4.78 is 0. The predicted octanol–water partition coefficient (Wildman–Crippen LogP) is 1.61. The number of carbonyl (C=O) groups excluding carboxylic acids is 1. The van der Waals surface area contributed by atoms with Crippen molar-refractivity contribution in [2.45, 2.75) is 0 Å². The third-order valence-electron chi connectivity index (χ3n) is 2.50. The Morgan fingerprint density at radius 2 is 2.06 bits per heavy atom. The van der Waals surface area contributed by atoms with Crippen molar-refractivity contribution in [3.05, 3.63) is 48.4 Å². The van der Waals surface area contributed by atoms with E-state index in [-0.39, 0.29) is 11.9 Å². The van der Waals surface area contributed by atoms with Crippen molar-refractivity contribution < 1.29 is 4.79 Å². The number of hydrogen-bond donors (Lipinski definition) is 2. The van der Waals surface area contributed by atoms with E-state index >= 15 is 0 Å². The van der Waals surface area contributed by atoms with Gasteiger partial charge in [0.25, 0.3) is 5.91 Å². The summed E-state index contributed by atoms with van der Waals surface area (Å²) in [7, 11) is 0. The standard InChI is InChI=1S/C12H9N5O/c18-11(16-12-13-4-1-5-14-12)8-2-3-9-7-15-17-10(9)6-8/h1-7H,(H,15,17)(H,13,14,16,18). The van der Waals surface area contributed by atoms with Gasteiger partial charge >= 0.3 is 0 Å². The molecule has 0 aliphatic rings. The number of rotatable bonds is 2. The second-order valence-corrected chi connectivity index (χ2v) is 3.70. The van der Waals surface area contributed by atoms with Crippen LogP contribution in [0.1, 0.15) is 10.4 Å². The summed E-state index contributed by atoms with van der Waals surface area (Å²) in [6.07, 6.45) is 4.85. The molecule has 0 aliphatic heterocycles. The number of H-pyrrole nitrogens is 1. The fourth-order valence-corrected chi connectivity index (χ4v) is 1.62. The summed E-state index contributed by atoms with van der Waals surface area (Å²) >= 11 is 0. The number of aromatic amines is 1. The summed E-state index contributed by atoms with van der Waals surface area (Å²) in [6.45, 7) is 0. The molecule has 0 unspecified atom stereocenters. The minimum absolute atomic E-state index is 0.252. The predicted molar refractivity (Wildman–Crippen MR) is 66.1 cm³/mol. The second-order valence-electron chi connectivity index (χ2n) is 3.70. The highest BCUT2D eigenvalue weighted by Crippen LogP contribution is 2.13. The van der Waals surface area contributed by atoms with Gasteiger partial charge in [-0.3, -0.25) is 15.2 Å². The van der Waals surface area contributed by atoms with Crippen LogP contribution in [-0.2, 0) is 0 Å². The van der Waals surface area contributed by atoms with Crippen LogP contribution in [0.5, 0.6) is 0 Å². The molecule has 0 radical (unpaired) electrons. The van der Waals surface area contributed by atoms with Crippen molar-refractivity contribution in [1.82, 2.24) is 20.2 Å². The van der Waals surface area contributed by atoms with Crippen LogP contribution in [0, 0.1) is 0 Å². The van der Waals surface area contributed by atoms with Gasteiger partial charge in [-0.15, -0.1) is 0 Å². The first kappa shape index (κ1) is 10.4. The highest BCUT2D eigenvalue weighted by Gasteiger charge is 2.08. The first-order valence-electron chi connectivity index (χ1n) is 5.34. The lowest BCUT2D eigenvalue weighted by atomic mass is 10.1. The maximum absolute atomic E-state index is 12.0. The molecule has 0 bridgehead atoms. The van der Waals surface area contributed by atoms with Crippen molar-refractivity contribution in [3.63, 3.8) is 0 Å². The quantitative estimate of drug-likeness (QED) is 0.711. The lowest BCUT2D eigenvalue weighted by Gasteiger charge is -2.02. The number of nitrogens with zero attached hydrogens (tertiary/aromatic N) is 3. The number of anilines is 1. The van der Waals surface area contributed by atoms with Crippen molar-refractivity contribution in [3.8, 4) is 0 Å². The number of benzene rings is 1. The number of carbonyl (C=O) groups is 1. The maximum Gasteiger partial charge on any atom is 0.258 e. The highest BCUT2D eigenvalue weighted by molar-refractivity contribution is 6.05. The Hall–Kier alpha value is -2.76. The molecule has 2 heterocycles. The third kappa shape index (κ3) is 1.91. The van der Waals surface area contributed by atoms with E-state index in [9.17, 15) is 4.79 Å². The Labute approximate surface area is 102 Å². The summed E-state index contributed by atoms with van der Waals surface area (Å²) in [5.74, 6) is 0.0323. The van der Waals surface area contributed by atoms with E-state index in [0.717, 1.165) is 10.9 Å². The molecular formula is C12H9N5O. The van der Waals surface area contributed by atoms with Gasteiger partial charge in [-0.2, -0.15) is 5.10 Å². The Balaban J connectivity index is 1.87. The van der Waals surface area contributed by atoms with Gasteiger partial charge in [0, 0.05) is 23.3 Å². The number of aromatic nitrogens is 4. The van der Waals surface area contributed by atoms with Crippen LogP contribution in [0.15, 0.2) is 42.9 Å². The van der Waals surface area contributed by atoms with Crippen LogP contribution < -0.4 is 5.32 Å². The monoisotopic (exact) mass is 239 g/mol. The van der Waals surface area contributed by atoms with E-state index in [2.05, 4.69) is 25.5 Å². The smallest absolute Gasteiger partial charge is 0.258 e. The zero-order valence-corrected chi connectivity index (χ0v) is 9.29. The number of hydrogen-bond acceptors (Lipinski definition) is 4. The van der Waals surface area contributed by atoms with Crippen molar-refractivity contribution in [2.75, 3.05) is 5.32 Å². The first-order chi connectivity index (χ1) is 8.83. The Morgan fingerprint density at radius 1 is 1.22 bits per heavy atom. The van der Waals surface area contributed by atoms with Crippen LogP contribution in [0.4, 0.5) is 5.95 Å². The van der Waals surface area contributed by atoms with Crippen LogP contribution >= 0.6 is 0 Å². The largest absolute Gasteiger partial charge is 0.290 e. The SMILES string of the molecule is O=C(Nc1ncccn1)c1ccc2cn[nH]c2c1. The van der Waals surface area contributed by atoms with Crippen molar-refractivity contribution in [2.24, 2.45) is 0 Å². The van der Waals surface area contributed by atoms with E-state index in [1.807, 2.05) is 6.07 Å². The molecule has 0 spiro atoms. The van der Waals surface area contributed by atoms with Gasteiger partial charge < -0.3 is 0 Å². The lowest BCUT2D eigenvalue weighted by Crippen LogP contribution is -2.13. The van der Waals surface area contributed by atoms with E-state index in [1.54, 1.807) is 36.8 Å². The Kier molecular flexibility index (Phi) is 2.45. The number of fused-ring (bicyclic) bond motifs is 1. The molecule has 0 saturated heterocycles. The van der Waals surface area contributed by atoms with E-state index in [0.29, 0.717) is 5.56 Å². The van der Waals surface area contributed by atoms with Crippen LogP contribution in [0.25, 0.3) is 10.9 Å². The topological polar surface area (TPSA) is 83.6 Å². The molecule has 1 amide bonds. The molecule has 0 aliphatic carbocycles. The maximum atomic E-state index is 12.0. The second kappa shape index (κ2) is 4.25. The van der Waals surface area contributed by atoms with Gasteiger partial charge in [0.15, 0.2) is 0 Å². The van der Waals surface area contributed by atoms with E-state index < -0.39 is 0 Å². The van der Waals surface area contributed by atoms with Gasteiger partial charge in [0.1, 0.15) is 0 Å². The van der Waals surface area contributed by atoms with Gasteiger partial charge in [0.2, 0.25) is 5.95 Å². The summed E-state index contributed by atoms with van der Waals surface area (Å²) in [5.41, 5.74) is 1.34. The molecule has 3 rings (SSSR count). The van der Waals surface area contributed by atoms with Crippen LogP contribution in [0.3, 0.4) is 0 Å². The Bertz CT molecular complexity index is 692. The van der Waals surface area contributed by atoms with Crippen molar-refractivity contribution in [1.29, 1.82) is 0 Å². The molecule has 3 aromatic rings. The fraction of sp³-hybridized carbons (Fsp3) is 0. The minimum atomic E-state index is -0.252. The number of nitrogens with one attached hydrogen (secondary N) is 2. The molecule has 88 valence electrons. The van der Waals surface area contributed by atoms with Crippen LogP contribution in [0.2, 0.25) is 0 Å². The third-order valence-corrected chi connectivity index (χ3v) is 2.50.